The van der Waals surface area contributed by atoms with Gasteiger partial charge in [-0.1, -0.05) is 23.5 Å². The number of benzene rings is 1. The minimum Gasteiger partial charge on any atom is -0.410 e. The number of carbonyl (C=O) groups is 1. The number of cyclic esters (lactones) is 1. The lowest BCUT2D eigenvalue weighted by Gasteiger charge is -2.36. The van der Waals surface area contributed by atoms with Gasteiger partial charge in [0.2, 0.25) is 11.0 Å². The highest BCUT2D eigenvalue weighted by Gasteiger charge is 2.75. The van der Waals surface area contributed by atoms with E-state index >= 15 is 0 Å². The Morgan fingerprint density at radius 2 is 1.96 bits per heavy atom. The first-order chi connectivity index (χ1) is 11.0. The molecule has 4 heterocycles. The summed E-state index contributed by atoms with van der Waals surface area (Å²) in [6.45, 7) is 4.01. The molecule has 6 heteroatoms. The zero-order chi connectivity index (χ0) is 15.8. The van der Waals surface area contributed by atoms with Crippen LogP contribution < -0.4 is 0 Å². The number of para-hydroxylation sites is 1. The highest BCUT2D eigenvalue weighted by molar-refractivity contribution is 7.22. The number of aromatic nitrogens is 1. The molecule has 118 valence electrons. The molecule has 0 N–H and O–H groups in total. The molecule has 2 bridgehead atoms. The Morgan fingerprint density at radius 1 is 1.22 bits per heavy atom. The van der Waals surface area contributed by atoms with Crippen molar-refractivity contribution in [2.45, 2.75) is 38.9 Å². The third-order valence-corrected chi connectivity index (χ3v) is 6.85. The van der Waals surface area contributed by atoms with Crippen molar-refractivity contribution in [3.8, 4) is 0 Å². The number of esters is 1. The van der Waals surface area contributed by atoms with Gasteiger partial charge in [0.25, 0.3) is 0 Å². The summed E-state index contributed by atoms with van der Waals surface area (Å²) in [6.07, 6.45) is 1.80. The van der Waals surface area contributed by atoms with Crippen molar-refractivity contribution in [2.24, 2.45) is 15.8 Å². The maximum absolute atomic E-state index is 12.5. The van der Waals surface area contributed by atoms with E-state index in [4.69, 9.17) is 9.47 Å². The Bertz CT molecular complexity index is 843. The number of nitrogens with zero attached hydrogens (tertiary/aromatic N) is 2. The molecule has 0 spiro atoms. The molecule has 4 atom stereocenters. The molecule has 23 heavy (non-hydrogen) atoms. The molecular formula is C17H16N2O3S. The first-order valence-electron chi connectivity index (χ1n) is 7.86. The lowest BCUT2D eigenvalue weighted by molar-refractivity contribution is -0.146. The number of hydrogen-bond acceptors (Lipinski definition) is 6. The predicted molar refractivity (Wildman–Crippen MR) is 86.9 cm³/mol. The van der Waals surface area contributed by atoms with E-state index in [0.29, 0.717) is 11.0 Å². The van der Waals surface area contributed by atoms with Gasteiger partial charge in [-0.2, -0.15) is 4.99 Å². The fraction of sp³-hybridized carbons (Fsp3) is 0.471. The molecule has 0 unspecified atom stereocenters. The molecule has 0 aliphatic carbocycles. The second-order valence-electron chi connectivity index (χ2n) is 6.87. The van der Waals surface area contributed by atoms with Crippen LogP contribution in [-0.2, 0) is 14.3 Å². The SMILES string of the molecule is C[C@@]12/C(=N/c3nc4ccccc4s3)OC(=O)[C@]1(C)[C@H]1CC[C@@H]2O1. The Morgan fingerprint density at radius 3 is 2.74 bits per heavy atom. The summed E-state index contributed by atoms with van der Waals surface area (Å²) in [4.78, 5) is 21.7. The Labute approximate surface area is 137 Å². The Balaban J connectivity index is 1.64. The quantitative estimate of drug-likeness (QED) is 0.752. The van der Waals surface area contributed by atoms with Crippen LogP contribution in [-0.4, -0.2) is 29.1 Å². The molecule has 0 amide bonds. The van der Waals surface area contributed by atoms with Crippen LogP contribution in [0, 0.1) is 10.8 Å². The fourth-order valence-corrected chi connectivity index (χ4v) is 5.13. The van der Waals surface area contributed by atoms with Crippen LogP contribution in [0.5, 0.6) is 0 Å². The molecule has 3 aliphatic heterocycles. The van der Waals surface area contributed by atoms with Crippen molar-refractivity contribution >= 4 is 38.6 Å². The highest BCUT2D eigenvalue weighted by atomic mass is 32.1. The number of rotatable bonds is 1. The second-order valence-corrected chi connectivity index (χ2v) is 7.88. The van der Waals surface area contributed by atoms with Crippen LogP contribution >= 0.6 is 11.3 Å². The van der Waals surface area contributed by atoms with Gasteiger partial charge in [-0.3, -0.25) is 4.79 Å². The van der Waals surface area contributed by atoms with Gasteiger partial charge in [-0.25, -0.2) is 4.98 Å². The van der Waals surface area contributed by atoms with Crippen molar-refractivity contribution in [1.29, 1.82) is 0 Å². The molecule has 2 aromatic rings. The van der Waals surface area contributed by atoms with E-state index in [1.54, 1.807) is 0 Å². The normalized spacial score (nSPS) is 40.1. The van der Waals surface area contributed by atoms with Crippen LogP contribution in [0.15, 0.2) is 29.3 Å². The van der Waals surface area contributed by atoms with Gasteiger partial charge in [0.05, 0.1) is 27.8 Å². The number of aliphatic imine (C=N–C) groups is 1. The van der Waals surface area contributed by atoms with Gasteiger partial charge in [0.15, 0.2) is 0 Å². The zero-order valence-electron chi connectivity index (χ0n) is 12.9. The first-order valence-corrected chi connectivity index (χ1v) is 8.67. The third-order valence-electron chi connectivity index (χ3n) is 5.92. The van der Waals surface area contributed by atoms with Gasteiger partial charge in [0, 0.05) is 0 Å². The van der Waals surface area contributed by atoms with Crippen LogP contribution in [0.2, 0.25) is 0 Å². The van der Waals surface area contributed by atoms with E-state index in [1.165, 1.54) is 11.3 Å². The minimum absolute atomic E-state index is 0.00271. The summed E-state index contributed by atoms with van der Waals surface area (Å²) >= 11 is 1.51. The topological polar surface area (TPSA) is 60.8 Å². The van der Waals surface area contributed by atoms with Crippen molar-refractivity contribution < 1.29 is 14.3 Å². The summed E-state index contributed by atoms with van der Waals surface area (Å²) in [5, 5.41) is 0.627. The number of hydrogen-bond donors (Lipinski definition) is 0. The van der Waals surface area contributed by atoms with Gasteiger partial charge in [0.1, 0.15) is 5.41 Å². The average Bonchev–Trinajstić information content (AvgIpc) is 3.25. The highest BCUT2D eigenvalue weighted by Crippen LogP contribution is 2.64. The molecule has 0 radical (unpaired) electrons. The van der Waals surface area contributed by atoms with Crippen LogP contribution in [0.25, 0.3) is 10.2 Å². The third kappa shape index (κ3) is 1.48. The van der Waals surface area contributed by atoms with E-state index in [1.807, 2.05) is 38.1 Å². The summed E-state index contributed by atoms with van der Waals surface area (Å²) < 4.78 is 12.7. The fourth-order valence-electron chi connectivity index (χ4n) is 4.29. The summed E-state index contributed by atoms with van der Waals surface area (Å²) in [5.41, 5.74) is -0.214. The lowest BCUT2D eigenvalue weighted by atomic mass is 9.59. The minimum atomic E-state index is -0.633. The monoisotopic (exact) mass is 328 g/mol. The van der Waals surface area contributed by atoms with Gasteiger partial charge < -0.3 is 9.47 Å². The largest absolute Gasteiger partial charge is 0.410 e. The van der Waals surface area contributed by atoms with Gasteiger partial charge in [-0.15, -0.1) is 0 Å². The zero-order valence-corrected chi connectivity index (χ0v) is 13.7. The van der Waals surface area contributed by atoms with Crippen LogP contribution in [0.1, 0.15) is 26.7 Å². The van der Waals surface area contributed by atoms with E-state index in [9.17, 15) is 4.79 Å². The average molecular weight is 328 g/mol. The number of thiazole rings is 1. The van der Waals surface area contributed by atoms with Crippen molar-refractivity contribution in [2.75, 3.05) is 0 Å². The van der Waals surface area contributed by atoms with Crippen LogP contribution in [0.3, 0.4) is 0 Å². The Kier molecular flexibility index (Phi) is 2.48. The van der Waals surface area contributed by atoms with E-state index in [2.05, 4.69) is 9.98 Å². The van der Waals surface area contributed by atoms with E-state index in [0.717, 1.165) is 23.1 Å². The van der Waals surface area contributed by atoms with Crippen molar-refractivity contribution in [1.82, 2.24) is 4.98 Å². The molecule has 3 aliphatic rings. The van der Waals surface area contributed by atoms with E-state index < -0.39 is 10.8 Å². The molecule has 3 fully saturated rings. The molecule has 5 nitrogen and oxygen atoms in total. The molecule has 1 aromatic heterocycles. The van der Waals surface area contributed by atoms with Gasteiger partial charge >= 0.3 is 5.97 Å². The Hall–Kier alpha value is -1.79. The van der Waals surface area contributed by atoms with Crippen LogP contribution in [0.4, 0.5) is 5.13 Å². The summed E-state index contributed by atoms with van der Waals surface area (Å²) in [6, 6.07) is 7.92. The summed E-state index contributed by atoms with van der Waals surface area (Å²) in [5.74, 6) is 0.253. The first kappa shape index (κ1) is 13.6. The maximum Gasteiger partial charge on any atom is 0.322 e. The van der Waals surface area contributed by atoms with Crippen molar-refractivity contribution in [3.63, 3.8) is 0 Å². The van der Waals surface area contributed by atoms with Gasteiger partial charge in [-0.05, 0) is 38.8 Å². The van der Waals surface area contributed by atoms with E-state index in [-0.39, 0.29) is 18.2 Å². The standard InChI is InChI=1S/C17H16N2O3S/c1-16-11-7-8-12(21-11)17(16,2)14(20)22-13(16)19-15-18-9-5-3-4-6-10(9)23-15/h3-6,11-12H,7-8H2,1-2H3/b19-13-/t11-,12+,16+,17-/m0/s1. The molecule has 5 rings (SSSR count). The number of carbonyl (C=O) groups excluding carboxylic acids is 1. The summed E-state index contributed by atoms with van der Waals surface area (Å²) in [7, 11) is 0. The molecule has 3 saturated heterocycles. The second kappa shape index (κ2) is 4.19. The maximum atomic E-state index is 12.5. The predicted octanol–water partition coefficient (Wildman–Crippen LogP) is 3.46. The van der Waals surface area contributed by atoms with Crippen molar-refractivity contribution in [3.05, 3.63) is 24.3 Å². The number of fused-ring (bicyclic) bond motifs is 6. The number of ether oxygens (including phenoxy) is 2. The molecular weight excluding hydrogens is 312 g/mol. The molecule has 0 saturated carbocycles. The smallest absolute Gasteiger partial charge is 0.322 e. The lowest BCUT2D eigenvalue weighted by Crippen LogP contribution is -2.48. The molecule has 1 aromatic carbocycles.